The number of amides is 1. The number of methoxy groups -OCH3 is 1. The minimum absolute atomic E-state index is 0.0405. The molecule has 0 radical (unpaired) electrons. The Balaban J connectivity index is 1.54. The molecule has 0 aliphatic rings. The smallest absolute Gasteiger partial charge is 0.328 e. The van der Waals surface area contributed by atoms with E-state index in [1.54, 1.807) is 6.07 Å². The van der Waals surface area contributed by atoms with Crippen molar-refractivity contribution in [1.82, 2.24) is 5.32 Å². The molecule has 2 N–H and O–H groups in total. The highest BCUT2D eigenvalue weighted by Gasteiger charge is 2.24. The van der Waals surface area contributed by atoms with Crippen LogP contribution in [0.3, 0.4) is 0 Å². The highest BCUT2D eigenvalue weighted by atomic mass is 35.5. The molecule has 0 spiro atoms. The Bertz CT molecular complexity index is 1390. The zero-order valence-electron chi connectivity index (χ0n) is 19.4. The fourth-order valence-electron chi connectivity index (χ4n) is 3.84. The first-order valence-corrected chi connectivity index (χ1v) is 11.5. The van der Waals surface area contributed by atoms with Crippen molar-refractivity contribution < 1.29 is 23.8 Å². The van der Waals surface area contributed by atoms with Crippen LogP contribution in [0.1, 0.15) is 15.9 Å². The first-order chi connectivity index (χ1) is 17.4. The van der Waals surface area contributed by atoms with Gasteiger partial charge in [0.2, 0.25) is 0 Å². The van der Waals surface area contributed by atoms with Crippen molar-refractivity contribution in [2.45, 2.75) is 12.5 Å². The van der Waals surface area contributed by atoms with Crippen molar-refractivity contribution in [3.63, 3.8) is 0 Å². The van der Waals surface area contributed by atoms with Gasteiger partial charge in [-0.25, -0.2) is 9.18 Å². The lowest BCUT2D eigenvalue weighted by atomic mass is 9.99. The molecule has 0 bridgehead atoms. The summed E-state index contributed by atoms with van der Waals surface area (Å²) in [6.45, 7) is 0. The third kappa shape index (κ3) is 5.73. The predicted octanol–water partition coefficient (Wildman–Crippen LogP) is 6.03. The first-order valence-electron chi connectivity index (χ1n) is 11.2. The number of ether oxygens (including phenoxy) is 1. The number of hydrogen-bond acceptors (Lipinski definition) is 4. The third-order valence-corrected chi connectivity index (χ3v) is 6.08. The van der Waals surface area contributed by atoms with Gasteiger partial charge in [0.15, 0.2) is 0 Å². The van der Waals surface area contributed by atoms with Crippen LogP contribution >= 0.6 is 11.6 Å². The van der Waals surface area contributed by atoms with E-state index in [1.165, 1.54) is 37.4 Å². The number of aromatic hydroxyl groups is 1. The maximum absolute atomic E-state index is 13.5. The van der Waals surface area contributed by atoms with Crippen LogP contribution in [0.4, 0.5) is 4.39 Å². The van der Waals surface area contributed by atoms with Gasteiger partial charge in [0.05, 0.1) is 17.7 Å². The lowest BCUT2D eigenvalue weighted by molar-refractivity contribution is -0.142. The van der Waals surface area contributed by atoms with Gasteiger partial charge in [0, 0.05) is 6.42 Å². The Kier molecular flexibility index (Phi) is 7.66. The second-order valence-corrected chi connectivity index (χ2v) is 8.58. The van der Waals surface area contributed by atoms with Crippen molar-refractivity contribution in [3.05, 3.63) is 113 Å². The van der Waals surface area contributed by atoms with Gasteiger partial charge in [0.1, 0.15) is 17.6 Å². The molecule has 4 aromatic carbocycles. The highest BCUT2D eigenvalue weighted by Crippen LogP contribution is 2.29. The second-order valence-electron chi connectivity index (χ2n) is 8.18. The molecule has 0 saturated heterocycles. The number of nitrogens with one attached hydrogen (secondary N) is 1. The number of carbonyl (C=O) groups is 2. The van der Waals surface area contributed by atoms with Gasteiger partial charge in [-0.3, -0.25) is 4.79 Å². The van der Waals surface area contributed by atoms with Gasteiger partial charge in [-0.05, 0) is 52.1 Å². The van der Waals surface area contributed by atoms with Crippen molar-refractivity contribution in [2.24, 2.45) is 0 Å². The molecule has 1 amide bonds. The van der Waals surface area contributed by atoms with E-state index in [1.807, 2.05) is 54.6 Å². The van der Waals surface area contributed by atoms with E-state index in [9.17, 15) is 19.1 Å². The van der Waals surface area contributed by atoms with Crippen LogP contribution in [0, 0.1) is 5.82 Å². The molecule has 1 atom stereocenters. The number of benzene rings is 4. The van der Waals surface area contributed by atoms with Crippen LogP contribution in [0.5, 0.6) is 5.75 Å². The fraction of sp³-hybridized carbons (Fsp3) is 0.103. The van der Waals surface area contributed by atoms with Crippen LogP contribution in [0.2, 0.25) is 5.02 Å². The monoisotopic (exact) mass is 503 g/mol. The summed E-state index contributed by atoms with van der Waals surface area (Å²) in [5, 5.41) is 12.9. The summed E-state index contributed by atoms with van der Waals surface area (Å²) in [5.41, 5.74) is 4.00. The first kappa shape index (κ1) is 24.9. The number of phenols is 1. The fourth-order valence-corrected chi connectivity index (χ4v) is 4.02. The normalized spacial score (nSPS) is 11.5. The van der Waals surface area contributed by atoms with Gasteiger partial charge in [-0.2, -0.15) is 0 Å². The summed E-state index contributed by atoms with van der Waals surface area (Å²) in [6, 6.07) is 25.2. The number of hydrogen-bond donors (Lipinski definition) is 2. The molecule has 4 rings (SSSR count). The van der Waals surface area contributed by atoms with Crippen LogP contribution in [-0.2, 0) is 16.0 Å². The maximum Gasteiger partial charge on any atom is 0.328 e. The van der Waals surface area contributed by atoms with Crippen LogP contribution < -0.4 is 5.32 Å². The van der Waals surface area contributed by atoms with Crippen LogP contribution in [0.25, 0.3) is 22.3 Å². The Labute approximate surface area is 213 Å². The Morgan fingerprint density at radius 1 is 0.889 bits per heavy atom. The van der Waals surface area contributed by atoms with E-state index in [4.69, 9.17) is 16.3 Å². The summed E-state index contributed by atoms with van der Waals surface area (Å²) in [7, 11) is 1.25. The zero-order chi connectivity index (χ0) is 25.7. The average Bonchev–Trinajstić information content (AvgIpc) is 2.90. The Morgan fingerprint density at radius 3 is 2.17 bits per heavy atom. The molecule has 0 saturated carbocycles. The van der Waals surface area contributed by atoms with Crippen molar-refractivity contribution in [1.29, 1.82) is 0 Å². The summed E-state index contributed by atoms with van der Waals surface area (Å²) < 4.78 is 18.4. The molecular formula is C29H23ClFNO4. The van der Waals surface area contributed by atoms with Gasteiger partial charge in [-0.15, -0.1) is 0 Å². The minimum Gasteiger partial charge on any atom is -0.507 e. The van der Waals surface area contributed by atoms with E-state index in [-0.39, 0.29) is 22.8 Å². The van der Waals surface area contributed by atoms with E-state index in [2.05, 4.69) is 5.32 Å². The number of carbonyl (C=O) groups excluding carboxylic acids is 2. The molecule has 36 heavy (non-hydrogen) atoms. The van der Waals surface area contributed by atoms with Gasteiger partial charge < -0.3 is 15.2 Å². The molecular weight excluding hydrogens is 481 g/mol. The second kappa shape index (κ2) is 11.1. The van der Waals surface area contributed by atoms with E-state index < -0.39 is 23.7 Å². The molecule has 0 aliphatic carbocycles. The summed E-state index contributed by atoms with van der Waals surface area (Å²) in [5.74, 6) is -2.09. The molecule has 0 aliphatic heterocycles. The largest absolute Gasteiger partial charge is 0.507 e. The molecule has 0 aromatic heterocycles. The molecule has 0 unspecified atom stereocenters. The lowest BCUT2D eigenvalue weighted by Gasteiger charge is -2.18. The van der Waals surface area contributed by atoms with Crippen molar-refractivity contribution in [3.8, 4) is 28.0 Å². The zero-order valence-corrected chi connectivity index (χ0v) is 20.1. The number of phenolic OH excluding ortho intramolecular Hbond substituents is 1. The molecule has 182 valence electrons. The average molecular weight is 504 g/mol. The maximum atomic E-state index is 13.5. The highest BCUT2D eigenvalue weighted by molar-refractivity contribution is 6.31. The molecule has 0 heterocycles. The molecule has 5 nitrogen and oxygen atoms in total. The van der Waals surface area contributed by atoms with Crippen LogP contribution in [-0.4, -0.2) is 30.1 Å². The number of halogens is 2. The Morgan fingerprint density at radius 2 is 1.50 bits per heavy atom. The van der Waals surface area contributed by atoms with E-state index in [0.29, 0.717) is 11.1 Å². The molecule has 0 fully saturated rings. The van der Waals surface area contributed by atoms with E-state index in [0.717, 1.165) is 16.7 Å². The van der Waals surface area contributed by atoms with Gasteiger partial charge >= 0.3 is 5.97 Å². The third-order valence-electron chi connectivity index (χ3n) is 5.79. The van der Waals surface area contributed by atoms with Gasteiger partial charge in [0.25, 0.3) is 5.91 Å². The lowest BCUT2D eigenvalue weighted by Crippen LogP contribution is -2.43. The minimum atomic E-state index is -0.978. The summed E-state index contributed by atoms with van der Waals surface area (Å²) >= 11 is 5.88. The SMILES string of the molecule is COC(=O)[C@H](Cc1ccc(-c2ccccc2)cc1)NC(=O)c1cc(-c2ccc(F)c(Cl)c2)ccc1O. The van der Waals surface area contributed by atoms with Gasteiger partial charge in [-0.1, -0.05) is 78.3 Å². The molecule has 4 aromatic rings. The standard InChI is InChI=1S/C29H23ClFNO4/c1-36-29(35)26(15-18-7-9-20(10-8-18)19-5-3-2-4-6-19)32-28(34)23-16-21(12-14-27(23)33)22-11-13-25(31)24(30)17-22/h2-14,16-17,26,33H,15H2,1H3,(H,32,34)/t26-/m0/s1. The van der Waals surface area contributed by atoms with Crippen molar-refractivity contribution >= 4 is 23.5 Å². The summed E-state index contributed by atoms with van der Waals surface area (Å²) in [4.78, 5) is 25.5. The van der Waals surface area contributed by atoms with Crippen LogP contribution in [0.15, 0.2) is 91.0 Å². The van der Waals surface area contributed by atoms with E-state index >= 15 is 0 Å². The van der Waals surface area contributed by atoms with Crippen molar-refractivity contribution in [2.75, 3.05) is 7.11 Å². The Hall–Kier alpha value is -4.16. The molecule has 7 heteroatoms. The summed E-state index contributed by atoms with van der Waals surface area (Å²) in [6.07, 6.45) is 0.196. The number of rotatable bonds is 7. The topological polar surface area (TPSA) is 75.6 Å². The quantitative estimate of drug-likeness (QED) is 0.302. The number of esters is 1. The predicted molar refractivity (Wildman–Crippen MR) is 137 cm³/mol.